The number of hydrogen-bond acceptors (Lipinski definition) is 4. The molecule has 5 heteroatoms. The van der Waals surface area contributed by atoms with E-state index in [-0.39, 0.29) is 21.9 Å². The molecule has 0 radical (unpaired) electrons. The first-order chi connectivity index (χ1) is 10.1. The van der Waals surface area contributed by atoms with Gasteiger partial charge in [0.2, 0.25) is 0 Å². The van der Waals surface area contributed by atoms with Crippen molar-refractivity contribution in [3.63, 3.8) is 0 Å². The lowest BCUT2D eigenvalue weighted by molar-refractivity contribution is -0.387. The molecule has 0 bridgehead atoms. The van der Waals surface area contributed by atoms with Crippen molar-refractivity contribution in [2.75, 3.05) is 0 Å². The lowest BCUT2D eigenvalue weighted by Gasteiger charge is -2.22. The molecule has 2 N–H and O–H groups in total. The summed E-state index contributed by atoms with van der Waals surface area (Å²) in [7, 11) is 0. The summed E-state index contributed by atoms with van der Waals surface area (Å²) in [5.41, 5.74) is 7.52. The van der Waals surface area contributed by atoms with E-state index in [1.54, 1.807) is 12.1 Å². The number of nitrogens with two attached hydrogens (primary N) is 1. The summed E-state index contributed by atoms with van der Waals surface area (Å²) in [4.78, 5) is 11.4. The third kappa shape index (κ3) is 3.83. The van der Waals surface area contributed by atoms with Crippen molar-refractivity contribution in [2.45, 2.75) is 29.5 Å². The molecule has 0 aliphatic carbocycles. The Hall–Kier alpha value is -1.85. The summed E-state index contributed by atoms with van der Waals surface area (Å²) in [5, 5.41) is 11.2. The second-order valence-electron chi connectivity index (χ2n) is 4.73. The third-order valence-electron chi connectivity index (χ3n) is 3.33. The molecule has 2 rings (SSSR count). The number of benzene rings is 2. The number of nitro groups is 1. The fourth-order valence-corrected chi connectivity index (χ4v) is 3.39. The van der Waals surface area contributed by atoms with Crippen LogP contribution in [0.3, 0.4) is 0 Å². The Kier molecular flexibility index (Phi) is 5.36. The second-order valence-corrected chi connectivity index (χ2v) is 6.01. The average molecular weight is 302 g/mol. The van der Waals surface area contributed by atoms with Crippen LogP contribution in [0.5, 0.6) is 0 Å². The molecule has 2 atom stereocenters. The summed E-state index contributed by atoms with van der Waals surface area (Å²) in [6.07, 6.45) is 0.840. The number of thioether (sulfide) groups is 1. The minimum atomic E-state index is -0.344. The summed E-state index contributed by atoms with van der Waals surface area (Å²) in [5.74, 6) is 0. The topological polar surface area (TPSA) is 69.2 Å². The fourth-order valence-electron chi connectivity index (χ4n) is 2.17. The minimum absolute atomic E-state index is 0.0912. The molecule has 0 saturated heterocycles. The highest BCUT2D eigenvalue weighted by Gasteiger charge is 2.22. The number of nitro benzene ring substituents is 1. The van der Waals surface area contributed by atoms with Crippen LogP contribution in [0.2, 0.25) is 0 Å². The van der Waals surface area contributed by atoms with Crippen molar-refractivity contribution in [1.82, 2.24) is 0 Å². The van der Waals surface area contributed by atoms with Crippen molar-refractivity contribution < 1.29 is 4.92 Å². The molecule has 110 valence electrons. The number of rotatable bonds is 6. The molecular weight excluding hydrogens is 284 g/mol. The molecule has 0 saturated carbocycles. The monoisotopic (exact) mass is 302 g/mol. The Morgan fingerprint density at radius 2 is 1.76 bits per heavy atom. The zero-order valence-electron chi connectivity index (χ0n) is 11.8. The fraction of sp³-hybridized carbons (Fsp3) is 0.250. The Morgan fingerprint density at radius 1 is 1.14 bits per heavy atom. The van der Waals surface area contributed by atoms with Crippen LogP contribution in [0.4, 0.5) is 5.69 Å². The van der Waals surface area contributed by atoms with Crippen LogP contribution in [0.25, 0.3) is 0 Å². The number of para-hydroxylation sites is 1. The zero-order chi connectivity index (χ0) is 15.2. The number of nitrogens with zero attached hydrogens (tertiary/aromatic N) is 1. The van der Waals surface area contributed by atoms with E-state index in [0.717, 1.165) is 12.0 Å². The van der Waals surface area contributed by atoms with Crippen LogP contribution in [0, 0.1) is 10.1 Å². The van der Waals surface area contributed by atoms with E-state index >= 15 is 0 Å². The molecule has 4 nitrogen and oxygen atoms in total. The third-order valence-corrected chi connectivity index (χ3v) is 4.86. The van der Waals surface area contributed by atoms with Gasteiger partial charge in [-0.2, -0.15) is 0 Å². The van der Waals surface area contributed by atoms with E-state index in [2.05, 4.69) is 6.92 Å². The first-order valence-electron chi connectivity index (χ1n) is 6.84. The Labute approximate surface area is 128 Å². The van der Waals surface area contributed by atoms with Gasteiger partial charge in [-0.1, -0.05) is 49.4 Å². The highest BCUT2D eigenvalue weighted by Crippen LogP contribution is 2.37. The first kappa shape index (κ1) is 15.5. The van der Waals surface area contributed by atoms with Gasteiger partial charge in [0.25, 0.3) is 5.69 Å². The van der Waals surface area contributed by atoms with Crippen LogP contribution in [0.15, 0.2) is 59.5 Å². The molecule has 2 unspecified atom stereocenters. The Morgan fingerprint density at radius 3 is 2.38 bits per heavy atom. The zero-order valence-corrected chi connectivity index (χ0v) is 12.6. The summed E-state index contributed by atoms with van der Waals surface area (Å²) >= 11 is 1.48. The standard InChI is InChI=1S/C16H18N2O2S/c1-2-14(16(17)12-8-4-3-5-9-12)21-15-11-7-6-10-13(15)18(19)20/h3-11,14,16H,2,17H2,1H3. The summed E-state index contributed by atoms with van der Waals surface area (Å²) < 4.78 is 0. The van der Waals surface area contributed by atoms with Crippen molar-refractivity contribution in [3.8, 4) is 0 Å². The second kappa shape index (κ2) is 7.24. The average Bonchev–Trinajstić information content (AvgIpc) is 2.53. The van der Waals surface area contributed by atoms with E-state index in [9.17, 15) is 10.1 Å². The summed E-state index contributed by atoms with van der Waals surface area (Å²) in [6.45, 7) is 2.05. The van der Waals surface area contributed by atoms with Crippen LogP contribution >= 0.6 is 11.8 Å². The van der Waals surface area contributed by atoms with E-state index in [1.807, 2.05) is 36.4 Å². The predicted octanol–water partition coefficient (Wildman–Crippen LogP) is 4.17. The van der Waals surface area contributed by atoms with E-state index in [4.69, 9.17) is 5.73 Å². The van der Waals surface area contributed by atoms with Gasteiger partial charge in [-0.15, -0.1) is 11.8 Å². The molecule has 0 aliphatic heterocycles. The Balaban J connectivity index is 2.22. The van der Waals surface area contributed by atoms with Gasteiger partial charge in [0.1, 0.15) is 0 Å². The maximum absolute atomic E-state index is 11.1. The highest BCUT2D eigenvalue weighted by molar-refractivity contribution is 8.00. The molecule has 2 aromatic carbocycles. The molecule has 21 heavy (non-hydrogen) atoms. The van der Waals surface area contributed by atoms with Crippen LogP contribution < -0.4 is 5.73 Å². The molecule has 0 aliphatic rings. The van der Waals surface area contributed by atoms with Crippen molar-refractivity contribution in [3.05, 3.63) is 70.3 Å². The summed E-state index contributed by atoms with van der Waals surface area (Å²) in [6, 6.07) is 16.5. The van der Waals surface area contributed by atoms with Gasteiger partial charge in [0, 0.05) is 17.4 Å². The molecule has 0 fully saturated rings. The Bertz CT molecular complexity index is 604. The highest BCUT2D eigenvalue weighted by atomic mass is 32.2. The van der Waals surface area contributed by atoms with Gasteiger partial charge >= 0.3 is 0 Å². The van der Waals surface area contributed by atoms with Gasteiger partial charge in [-0.3, -0.25) is 10.1 Å². The van der Waals surface area contributed by atoms with E-state index in [0.29, 0.717) is 4.90 Å². The van der Waals surface area contributed by atoms with Gasteiger partial charge in [-0.05, 0) is 18.1 Å². The molecule has 0 amide bonds. The molecule has 0 spiro atoms. The quantitative estimate of drug-likeness (QED) is 0.494. The first-order valence-corrected chi connectivity index (χ1v) is 7.72. The van der Waals surface area contributed by atoms with Gasteiger partial charge in [0.15, 0.2) is 0 Å². The van der Waals surface area contributed by atoms with Gasteiger partial charge < -0.3 is 5.73 Å². The maximum atomic E-state index is 11.1. The molecule has 0 aromatic heterocycles. The smallest absolute Gasteiger partial charge is 0.282 e. The molecular formula is C16H18N2O2S. The van der Waals surface area contributed by atoms with Crippen LogP contribution in [-0.4, -0.2) is 10.2 Å². The van der Waals surface area contributed by atoms with Crippen molar-refractivity contribution >= 4 is 17.4 Å². The largest absolute Gasteiger partial charge is 0.323 e. The molecule has 2 aromatic rings. The van der Waals surface area contributed by atoms with E-state index in [1.165, 1.54) is 17.8 Å². The lowest BCUT2D eigenvalue weighted by Crippen LogP contribution is -2.23. The normalized spacial score (nSPS) is 13.6. The number of hydrogen-bond donors (Lipinski definition) is 1. The van der Waals surface area contributed by atoms with Gasteiger partial charge in [0.05, 0.1) is 9.82 Å². The van der Waals surface area contributed by atoms with Crippen molar-refractivity contribution in [1.29, 1.82) is 0 Å². The van der Waals surface area contributed by atoms with Crippen molar-refractivity contribution in [2.24, 2.45) is 5.73 Å². The SMILES string of the molecule is CCC(Sc1ccccc1[N+](=O)[O-])C(N)c1ccccc1. The van der Waals surface area contributed by atoms with Crippen LogP contribution in [0.1, 0.15) is 24.9 Å². The minimum Gasteiger partial charge on any atom is -0.323 e. The van der Waals surface area contributed by atoms with E-state index < -0.39 is 0 Å². The predicted molar refractivity (Wildman–Crippen MR) is 86.4 cm³/mol. The lowest BCUT2D eigenvalue weighted by atomic mass is 10.0. The van der Waals surface area contributed by atoms with Crippen LogP contribution in [-0.2, 0) is 0 Å². The van der Waals surface area contributed by atoms with Gasteiger partial charge in [-0.25, -0.2) is 0 Å². The molecule has 0 heterocycles. The maximum Gasteiger partial charge on any atom is 0.282 e.